The standard InChI is InChI=1S/C18H26FN3O/c1-14(16-11-20-12-16)18(23)22-8-2-7-21(9-10-22)13-15-3-5-17(19)6-4-15/h3-6,14,16,20H,2,7-13H2,1H3. The van der Waals surface area contributed by atoms with Gasteiger partial charge in [0.15, 0.2) is 0 Å². The van der Waals surface area contributed by atoms with Crippen LogP contribution >= 0.6 is 0 Å². The van der Waals surface area contributed by atoms with E-state index >= 15 is 0 Å². The fourth-order valence-electron chi connectivity index (χ4n) is 3.35. The summed E-state index contributed by atoms with van der Waals surface area (Å²) >= 11 is 0. The molecule has 0 aromatic heterocycles. The first kappa shape index (κ1) is 16.4. The summed E-state index contributed by atoms with van der Waals surface area (Å²) < 4.78 is 13.0. The van der Waals surface area contributed by atoms with Crippen LogP contribution in [0.15, 0.2) is 24.3 Å². The predicted molar refractivity (Wildman–Crippen MR) is 88.4 cm³/mol. The number of hydrogen-bond acceptors (Lipinski definition) is 3. The van der Waals surface area contributed by atoms with Crippen molar-refractivity contribution in [3.8, 4) is 0 Å². The Morgan fingerprint density at radius 1 is 1.22 bits per heavy atom. The summed E-state index contributed by atoms with van der Waals surface area (Å²) in [5.41, 5.74) is 1.13. The van der Waals surface area contributed by atoms with Crippen LogP contribution in [0.25, 0.3) is 0 Å². The summed E-state index contributed by atoms with van der Waals surface area (Å²) in [5.74, 6) is 0.738. The summed E-state index contributed by atoms with van der Waals surface area (Å²) in [6, 6.07) is 6.71. The van der Waals surface area contributed by atoms with Crippen LogP contribution in [0.1, 0.15) is 18.9 Å². The summed E-state index contributed by atoms with van der Waals surface area (Å²) in [6.45, 7) is 8.35. The quantitative estimate of drug-likeness (QED) is 0.918. The molecule has 1 aromatic rings. The fraction of sp³-hybridized carbons (Fsp3) is 0.611. The van der Waals surface area contributed by atoms with Gasteiger partial charge >= 0.3 is 0 Å². The van der Waals surface area contributed by atoms with E-state index in [1.165, 1.54) is 12.1 Å². The molecule has 5 heteroatoms. The van der Waals surface area contributed by atoms with E-state index in [2.05, 4.69) is 17.1 Å². The molecule has 0 aliphatic carbocycles. The van der Waals surface area contributed by atoms with E-state index in [0.29, 0.717) is 11.8 Å². The molecule has 1 atom stereocenters. The molecule has 0 radical (unpaired) electrons. The zero-order chi connectivity index (χ0) is 16.2. The van der Waals surface area contributed by atoms with Gasteiger partial charge in [-0.2, -0.15) is 0 Å². The third kappa shape index (κ3) is 4.09. The lowest BCUT2D eigenvalue weighted by Gasteiger charge is -2.34. The maximum absolute atomic E-state index is 13.0. The van der Waals surface area contributed by atoms with E-state index in [-0.39, 0.29) is 11.7 Å². The smallest absolute Gasteiger partial charge is 0.225 e. The largest absolute Gasteiger partial charge is 0.341 e. The van der Waals surface area contributed by atoms with Gasteiger partial charge in [-0.15, -0.1) is 0 Å². The molecule has 126 valence electrons. The van der Waals surface area contributed by atoms with Crippen molar-refractivity contribution in [1.29, 1.82) is 0 Å². The van der Waals surface area contributed by atoms with Crippen LogP contribution in [-0.2, 0) is 11.3 Å². The van der Waals surface area contributed by atoms with Crippen LogP contribution in [0, 0.1) is 17.7 Å². The van der Waals surface area contributed by atoms with Gasteiger partial charge in [-0.3, -0.25) is 9.69 Å². The SMILES string of the molecule is CC(C(=O)N1CCCN(Cc2ccc(F)cc2)CC1)C1CNC1. The maximum Gasteiger partial charge on any atom is 0.225 e. The predicted octanol–water partition coefficient (Wildman–Crippen LogP) is 1.72. The minimum Gasteiger partial charge on any atom is -0.341 e. The monoisotopic (exact) mass is 319 g/mol. The molecule has 0 bridgehead atoms. The molecule has 2 fully saturated rings. The lowest BCUT2D eigenvalue weighted by Crippen LogP contribution is -2.50. The summed E-state index contributed by atoms with van der Waals surface area (Å²) in [5, 5.41) is 3.24. The number of rotatable bonds is 4. The molecule has 1 unspecified atom stereocenters. The van der Waals surface area contributed by atoms with Gasteiger partial charge in [0.2, 0.25) is 5.91 Å². The zero-order valence-corrected chi connectivity index (χ0v) is 13.8. The minimum absolute atomic E-state index is 0.125. The number of hydrogen-bond donors (Lipinski definition) is 1. The van der Waals surface area contributed by atoms with Gasteiger partial charge in [-0.05, 0) is 43.1 Å². The number of amides is 1. The number of benzene rings is 1. The highest BCUT2D eigenvalue weighted by Crippen LogP contribution is 2.19. The Morgan fingerprint density at radius 3 is 2.61 bits per heavy atom. The average Bonchev–Trinajstić information content (AvgIpc) is 2.73. The third-order valence-electron chi connectivity index (χ3n) is 5.13. The van der Waals surface area contributed by atoms with Gasteiger partial charge < -0.3 is 10.2 Å². The lowest BCUT2D eigenvalue weighted by atomic mass is 9.88. The van der Waals surface area contributed by atoms with Crippen molar-refractivity contribution in [1.82, 2.24) is 15.1 Å². The molecular weight excluding hydrogens is 293 g/mol. The van der Waals surface area contributed by atoms with Crippen molar-refractivity contribution < 1.29 is 9.18 Å². The molecule has 4 nitrogen and oxygen atoms in total. The van der Waals surface area contributed by atoms with Crippen LogP contribution < -0.4 is 5.32 Å². The molecule has 2 aliphatic rings. The molecule has 23 heavy (non-hydrogen) atoms. The van der Waals surface area contributed by atoms with E-state index in [9.17, 15) is 9.18 Å². The van der Waals surface area contributed by atoms with Gasteiger partial charge in [0.1, 0.15) is 5.82 Å². The van der Waals surface area contributed by atoms with Crippen LogP contribution in [-0.4, -0.2) is 55.0 Å². The van der Waals surface area contributed by atoms with Gasteiger partial charge in [-0.25, -0.2) is 4.39 Å². The minimum atomic E-state index is -0.194. The number of halogens is 1. The van der Waals surface area contributed by atoms with E-state index in [4.69, 9.17) is 0 Å². The van der Waals surface area contributed by atoms with E-state index in [1.807, 2.05) is 17.0 Å². The van der Waals surface area contributed by atoms with Crippen molar-refractivity contribution in [3.05, 3.63) is 35.6 Å². The highest BCUT2D eigenvalue weighted by molar-refractivity contribution is 5.79. The van der Waals surface area contributed by atoms with Crippen LogP contribution in [0.2, 0.25) is 0 Å². The van der Waals surface area contributed by atoms with E-state index in [1.54, 1.807) is 0 Å². The summed E-state index contributed by atoms with van der Waals surface area (Å²) in [6.07, 6.45) is 1.00. The van der Waals surface area contributed by atoms with Crippen molar-refractivity contribution in [3.63, 3.8) is 0 Å². The van der Waals surface area contributed by atoms with E-state index < -0.39 is 0 Å². The van der Waals surface area contributed by atoms with Crippen molar-refractivity contribution in [2.75, 3.05) is 39.3 Å². The maximum atomic E-state index is 13.0. The van der Waals surface area contributed by atoms with E-state index in [0.717, 1.165) is 57.8 Å². The van der Waals surface area contributed by atoms with Crippen LogP contribution in [0.4, 0.5) is 4.39 Å². The number of carbonyl (C=O) groups is 1. The Morgan fingerprint density at radius 2 is 1.96 bits per heavy atom. The molecule has 1 amide bonds. The van der Waals surface area contributed by atoms with Gasteiger partial charge in [0.25, 0.3) is 0 Å². The Bertz CT molecular complexity index is 530. The first-order chi connectivity index (χ1) is 11.1. The Hall–Kier alpha value is -1.46. The second-order valence-electron chi connectivity index (χ2n) is 6.79. The molecule has 0 saturated carbocycles. The molecule has 1 aromatic carbocycles. The lowest BCUT2D eigenvalue weighted by molar-refractivity contribution is -0.137. The highest BCUT2D eigenvalue weighted by atomic mass is 19.1. The van der Waals surface area contributed by atoms with Crippen LogP contribution in [0.5, 0.6) is 0 Å². The average molecular weight is 319 g/mol. The summed E-state index contributed by atoms with van der Waals surface area (Å²) in [4.78, 5) is 17.0. The van der Waals surface area contributed by atoms with Gasteiger partial charge in [0, 0.05) is 38.6 Å². The molecule has 0 spiro atoms. The molecular formula is C18H26FN3O. The number of nitrogens with zero attached hydrogens (tertiary/aromatic N) is 2. The first-order valence-electron chi connectivity index (χ1n) is 8.60. The first-order valence-corrected chi connectivity index (χ1v) is 8.60. The van der Waals surface area contributed by atoms with Gasteiger partial charge in [0.05, 0.1) is 0 Å². The zero-order valence-electron chi connectivity index (χ0n) is 13.8. The molecule has 1 N–H and O–H groups in total. The number of nitrogens with one attached hydrogen (secondary N) is 1. The van der Waals surface area contributed by atoms with Crippen molar-refractivity contribution in [2.45, 2.75) is 19.9 Å². The third-order valence-corrected chi connectivity index (χ3v) is 5.13. The topological polar surface area (TPSA) is 35.6 Å². The molecule has 2 aliphatic heterocycles. The fourth-order valence-corrected chi connectivity index (χ4v) is 3.35. The Balaban J connectivity index is 1.52. The van der Waals surface area contributed by atoms with Crippen molar-refractivity contribution >= 4 is 5.91 Å². The Labute approximate surface area is 137 Å². The molecule has 2 heterocycles. The normalized spacial score (nSPS) is 21.6. The van der Waals surface area contributed by atoms with Crippen LogP contribution in [0.3, 0.4) is 0 Å². The van der Waals surface area contributed by atoms with Gasteiger partial charge in [-0.1, -0.05) is 19.1 Å². The Kier molecular flexibility index (Phi) is 5.28. The summed E-state index contributed by atoms with van der Waals surface area (Å²) in [7, 11) is 0. The molecule has 3 rings (SSSR count). The highest BCUT2D eigenvalue weighted by Gasteiger charge is 2.32. The second kappa shape index (κ2) is 7.41. The second-order valence-corrected chi connectivity index (χ2v) is 6.79. The number of carbonyl (C=O) groups excluding carboxylic acids is 1. The van der Waals surface area contributed by atoms with Crippen molar-refractivity contribution in [2.24, 2.45) is 11.8 Å². The molecule has 2 saturated heterocycles.